The average Bonchev–Trinajstić information content (AvgIpc) is 2.54. The molecule has 22 heavy (non-hydrogen) atoms. The number of aromatic amines is 1. The van der Waals surface area contributed by atoms with E-state index < -0.39 is 12.4 Å². The molecular formula is C16H11ClN2O3. The summed E-state index contributed by atoms with van der Waals surface area (Å²) in [5.41, 5.74) is 0.959. The number of nitrogens with zero attached hydrogens (tertiary/aromatic N) is 1. The molecule has 0 saturated carbocycles. The molecule has 1 heterocycles. The maximum Gasteiger partial charge on any atom is 0.259 e. The Morgan fingerprint density at radius 2 is 2.00 bits per heavy atom. The molecule has 2 aromatic carbocycles. The molecule has 0 bridgehead atoms. The minimum absolute atomic E-state index is 0.304. The number of aromatic nitrogens is 2. The van der Waals surface area contributed by atoms with Gasteiger partial charge in [0.1, 0.15) is 12.4 Å². The third-order valence-corrected chi connectivity index (χ3v) is 3.63. The van der Waals surface area contributed by atoms with Crippen molar-refractivity contribution in [1.82, 2.24) is 9.97 Å². The highest BCUT2D eigenvalue weighted by Gasteiger charge is 2.11. The average molecular weight is 315 g/mol. The van der Waals surface area contributed by atoms with E-state index in [1.165, 1.54) is 18.2 Å². The number of ketones is 1. The molecule has 0 unspecified atom stereocenters. The smallest absolute Gasteiger partial charge is 0.259 e. The lowest BCUT2D eigenvalue weighted by atomic mass is 10.1. The van der Waals surface area contributed by atoms with Crippen LogP contribution in [0.3, 0.4) is 0 Å². The van der Waals surface area contributed by atoms with Crippen LogP contribution in [0.5, 0.6) is 0 Å². The summed E-state index contributed by atoms with van der Waals surface area (Å²) in [6.07, 6.45) is 0. The molecule has 0 atom stereocenters. The van der Waals surface area contributed by atoms with E-state index in [9.17, 15) is 9.59 Å². The zero-order valence-corrected chi connectivity index (χ0v) is 12.1. The Bertz CT molecular complexity index is 934. The Morgan fingerprint density at radius 1 is 1.23 bits per heavy atom. The first-order valence-electron chi connectivity index (χ1n) is 6.53. The minimum Gasteiger partial charge on any atom is -0.388 e. The van der Waals surface area contributed by atoms with E-state index in [0.717, 1.165) is 0 Å². The molecule has 0 spiro atoms. The Kier molecular flexibility index (Phi) is 3.75. The number of carbonyl (C=O) groups is 1. The molecule has 5 nitrogen and oxygen atoms in total. The number of aliphatic hydroxyl groups excluding tert-OH is 1. The van der Waals surface area contributed by atoms with Crippen LogP contribution < -0.4 is 5.56 Å². The van der Waals surface area contributed by atoms with Crippen LogP contribution in [0.25, 0.3) is 22.3 Å². The summed E-state index contributed by atoms with van der Waals surface area (Å²) in [6, 6.07) is 11.5. The number of fused-ring (bicyclic) bond motifs is 1. The highest BCUT2D eigenvalue weighted by Crippen LogP contribution is 2.25. The Labute approximate surface area is 130 Å². The van der Waals surface area contributed by atoms with Crippen LogP contribution in [-0.4, -0.2) is 27.5 Å². The van der Waals surface area contributed by atoms with Crippen molar-refractivity contribution >= 4 is 28.3 Å². The zero-order chi connectivity index (χ0) is 15.7. The molecule has 1 aromatic heterocycles. The lowest BCUT2D eigenvalue weighted by Crippen LogP contribution is -2.11. The van der Waals surface area contributed by atoms with Crippen molar-refractivity contribution in [2.24, 2.45) is 0 Å². The van der Waals surface area contributed by atoms with E-state index in [1.807, 2.05) is 0 Å². The summed E-state index contributed by atoms with van der Waals surface area (Å²) in [4.78, 5) is 30.8. The van der Waals surface area contributed by atoms with Crippen molar-refractivity contribution in [3.63, 3.8) is 0 Å². The maximum atomic E-state index is 12.2. The zero-order valence-electron chi connectivity index (χ0n) is 11.3. The van der Waals surface area contributed by atoms with Crippen LogP contribution in [0, 0.1) is 0 Å². The maximum absolute atomic E-state index is 12.2. The van der Waals surface area contributed by atoms with Gasteiger partial charge in [0.25, 0.3) is 5.56 Å². The number of Topliss-reactive ketones (excluding diaryl/α,β-unsaturated/α-hetero) is 1. The number of halogens is 1. The molecular weight excluding hydrogens is 304 g/mol. The van der Waals surface area contributed by atoms with Crippen molar-refractivity contribution in [1.29, 1.82) is 0 Å². The SMILES string of the molecule is O=C(CO)c1ccc2c(=O)[nH]c(-c3ccccc3Cl)nc2c1. The first-order valence-corrected chi connectivity index (χ1v) is 6.91. The van der Waals surface area contributed by atoms with Crippen molar-refractivity contribution in [2.45, 2.75) is 0 Å². The van der Waals surface area contributed by atoms with Crippen LogP contribution in [0.4, 0.5) is 0 Å². The summed E-state index contributed by atoms with van der Waals surface area (Å²) in [5.74, 6) is -0.0972. The fourth-order valence-electron chi connectivity index (χ4n) is 2.18. The molecule has 0 aliphatic carbocycles. The van der Waals surface area contributed by atoms with Crippen molar-refractivity contribution in [3.8, 4) is 11.4 Å². The third kappa shape index (κ3) is 2.52. The first kappa shape index (κ1) is 14.4. The largest absolute Gasteiger partial charge is 0.388 e. The van der Waals surface area contributed by atoms with Gasteiger partial charge in [-0.1, -0.05) is 29.8 Å². The summed E-state index contributed by atoms with van der Waals surface area (Å²) in [7, 11) is 0. The van der Waals surface area contributed by atoms with E-state index >= 15 is 0 Å². The molecule has 0 amide bonds. The molecule has 6 heteroatoms. The van der Waals surface area contributed by atoms with Crippen molar-refractivity contribution < 1.29 is 9.90 Å². The first-order chi connectivity index (χ1) is 10.6. The lowest BCUT2D eigenvalue weighted by molar-refractivity contribution is 0.0904. The van der Waals surface area contributed by atoms with E-state index in [-0.39, 0.29) is 5.56 Å². The van der Waals surface area contributed by atoms with E-state index in [0.29, 0.717) is 32.9 Å². The second-order valence-electron chi connectivity index (χ2n) is 4.71. The van der Waals surface area contributed by atoms with Gasteiger partial charge in [-0.05, 0) is 24.3 Å². The Hall–Kier alpha value is -2.50. The minimum atomic E-state index is -0.591. The normalized spacial score (nSPS) is 10.8. The number of hydrogen-bond donors (Lipinski definition) is 2. The lowest BCUT2D eigenvalue weighted by Gasteiger charge is -2.06. The summed E-state index contributed by atoms with van der Waals surface area (Å²) in [5, 5.41) is 9.76. The molecule has 2 N–H and O–H groups in total. The van der Waals surface area contributed by atoms with Gasteiger partial charge in [0.15, 0.2) is 5.78 Å². The highest BCUT2D eigenvalue weighted by atomic mass is 35.5. The molecule has 0 fully saturated rings. The van der Waals surface area contributed by atoms with Crippen LogP contribution in [0.2, 0.25) is 5.02 Å². The van der Waals surface area contributed by atoms with Gasteiger partial charge >= 0.3 is 0 Å². The predicted molar refractivity (Wildman–Crippen MR) is 84.2 cm³/mol. The number of rotatable bonds is 3. The van der Waals surface area contributed by atoms with Crippen LogP contribution in [-0.2, 0) is 0 Å². The number of nitrogens with one attached hydrogen (secondary N) is 1. The fraction of sp³-hybridized carbons (Fsp3) is 0.0625. The van der Waals surface area contributed by atoms with Gasteiger partial charge in [-0.15, -0.1) is 0 Å². The quantitative estimate of drug-likeness (QED) is 0.727. The van der Waals surface area contributed by atoms with E-state index in [4.69, 9.17) is 16.7 Å². The molecule has 0 radical (unpaired) electrons. The van der Waals surface area contributed by atoms with Crippen LogP contribution >= 0.6 is 11.6 Å². The molecule has 0 aliphatic heterocycles. The van der Waals surface area contributed by atoms with Crippen molar-refractivity contribution in [3.05, 3.63) is 63.4 Å². The molecule has 3 aromatic rings. The van der Waals surface area contributed by atoms with E-state index in [2.05, 4.69) is 9.97 Å². The van der Waals surface area contributed by atoms with Gasteiger partial charge in [-0.2, -0.15) is 0 Å². The van der Waals surface area contributed by atoms with Gasteiger partial charge < -0.3 is 10.1 Å². The van der Waals surface area contributed by atoms with Gasteiger partial charge in [-0.25, -0.2) is 4.98 Å². The van der Waals surface area contributed by atoms with Gasteiger partial charge in [0.2, 0.25) is 0 Å². The molecule has 3 rings (SSSR count). The van der Waals surface area contributed by atoms with Gasteiger partial charge in [0.05, 0.1) is 15.9 Å². The highest BCUT2D eigenvalue weighted by molar-refractivity contribution is 6.33. The van der Waals surface area contributed by atoms with Crippen LogP contribution in [0.1, 0.15) is 10.4 Å². The molecule has 0 saturated heterocycles. The number of H-pyrrole nitrogens is 1. The fourth-order valence-corrected chi connectivity index (χ4v) is 2.41. The standard InChI is InChI=1S/C16H11ClN2O3/c17-12-4-2-1-3-10(12)15-18-13-7-9(14(21)8-20)5-6-11(13)16(22)19-15/h1-7,20H,8H2,(H,18,19,22). The Morgan fingerprint density at radius 3 is 2.73 bits per heavy atom. The molecule has 110 valence electrons. The Balaban J connectivity index is 2.24. The summed E-state index contributed by atoms with van der Waals surface area (Å²) < 4.78 is 0. The summed E-state index contributed by atoms with van der Waals surface area (Å²) in [6.45, 7) is -0.591. The second-order valence-corrected chi connectivity index (χ2v) is 5.11. The number of carbonyl (C=O) groups excluding carboxylic acids is 1. The van der Waals surface area contributed by atoms with Crippen LogP contribution in [0.15, 0.2) is 47.3 Å². The van der Waals surface area contributed by atoms with Gasteiger partial charge in [0, 0.05) is 11.1 Å². The topological polar surface area (TPSA) is 83.0 Å². The van der Waals surface area contributed by atoms with Crippen molar-refractivity contribution in [2.75, 3.05) is 6.61 Å². The third-order valence-electron chi connectivity index (χ3n) is 3.30. The number of benzene rings is 2. The molecule has 0 aliphatic rings. The van der Waals surface area contributed by atoms with E-state index in [1.54, 1.807) is 24.3 Å². The number of aliphatic hydroxyl groups is 1. The summed E-state index contributed by atoms with van der Waals surface area (Å²) >= 11 is 6.12. The monoisotopic (exact) mass is 314 g/mol. The number of hydrogen-bond acceptors (Lipinski definition) is 4. The van der Waals surface area contributed by atoms with Gasteiger partial charge in [-0.3, -0.25) is 9.59 Å². The second kappa shape index (κ2) is 5.71. The predicted octanol–water partition coefficient (Wildman–Crippen LogP) is 2.42.